The maximum atomic E-state index is 13.0. The highest BCUT2D eigenvalue weighted by Crippen LogP contribution is 2.33. The van der Waals surface area contributed by atoms with Crippen molar-refractivity contribution in [1.29, 1.82) is 0 Å². The lowest BCUT2D eigenvalue weighted by Gasteiger charge is -2.36. The van der Waals surface area contributed by atoms with Gasteiger partial charge in [-0.15, -0.1) is 0 Å². The molecule has 2 aliphatic rings. The van der Waals surface area contributed by atoms with Crippen LogP contribution in [0.4, 0.5) is 5.69 Å². The van der Waals surface area contributed by atoms with Gasteiger partial charge < -0.3 is 15.5 Å². The van der Waals surface area contributed by atoms with E-state index in [2.05, 4.69) is 22.8 Å². The van der Waals surface area contributed by atoms with Crippen LogP contribution >= 0.6 is 0 Å². The average Bonchev–Trinajstić information content (AvgIpc) is 2.65. The van der Waals surface area contributed by atoms with Crippen LogP contribution in [0.5, 0.6) is 0 Å². The molecule has 5 nitrogen and oxygen atoms in total. The second-order valence-corrected chi connectivity index (χ2v) is 8.28. The number of carbonyl (C=O) groups is 2. The fraction of sp³-hybridized carbons (Fsp3) is 0.455. The van der Waals surface area contributed by atoms with E-state index in [1.54, 1.807) is 24.3 Å². The summed E-state index contributed by atoms with van der Waals surface area (Å²) >= 11 is 0. The minimum Gasteiger partial charge on any atom is -0.325 e. The number of likely N-dealkylation sites (tertiary alicyclic amines) is 1. The highest BCUT2D eigenvalue weighted by atomic mass is 16.2. The fourth-order valence-electron chi connectivity index (χ4n) is 3.49. The predicted molar refractivity (Wildman–Crippen MR) is 108 cm³/mol. The van der Waals surface area contributed by atoms with E-state index in [1.807, 2.05) is 31.7 Å². The lowest BCUT2D eigenvalue weighted by molar-refractivity contribution is -0.115. The van der Waals surface area contributed by atoms with E-state index in [0.29, 0.717) is 17.2 Å². The van der Waals surface area contributed by atoms with Gasteiger partial charge in [0.25, 0.3) is 5.91 Å². The van der Waals surface area contributed by atoms with Gasteiger partial charge in [0.1, 0.15) is 0 Å². The molecule has 1 aliphatic heterocycles. The van der Waals surface area contributed by atoms with E-state index in [-0.39, 0.29) is 23.9 Å². The summed E-state index contributed by atoms with van der Waals surface area (Å²) in [6.07, 6.45) is 9.49. The number of fused-ring (bicyclic) bond motifs is 1. The van der Waals surface area contributed by atoms with Gasteiger partial charge in [-0.1, -0.05) is 12.2 Å². The van der Waals surface area contributed by atoms with Crippen molar-refractivity contribution in [3.63, 3.8) is 0 Å². The molecular weight excluding hydrogens is 338 g/mol. The van der Waals surface area contributed by atoms with Crippen molar-refractivity contribution in [2.24, 2.45) is 5.92 Å². The van der Waals surface area contributed by atoms with Crippen LogP contribution in [0.15, 0.2) is 48.2 Å². The Balaban J connectivity index is 1.63. The maximum absolute atomic E-state index is 13.0. The summed E-state index contributed by atoms with van der Waals surface area (Å²) in [5.74, 6) is 0.400. The second-order valence-electron chi connectivity index (χ2n) is 8.28. The van der Waals surface area contributed by atoms with Crippen LogP contribution in [0.1, 0.15) is 50.4 Å². The third-order valence-electron chi connectivity index (χ3n) is 4.93. The lowest BCUT2D eigenvalue weighted by Crippen LogP contribution is -2.41. The van der Waals surface area contributed by atoms with Crippen LogP contribution in [-0.2, 0) is 4.79 Å². The van der Waals surface area contributed by atoms with Crippen molar-refractivity contribution in [2.75, 3.05) is 18.4 Å². The molecule has 0 radical (unpaired) electrons. The molecule has 1 aromatic rings. The molecule has 1 fully saturated rings. The highest BCUT2D eigenvalue weighted by molar-refractivity contribution is 5.97. The number of piperidine rings is 1. The van der Waals surface area contributed by atoms with Crippen LogP contribution in [0, 0.1) is 5.92 Å². The Kier molecular flexibility index (Phi) is 5.80. The second kappa shape index (κ2) is 8.09. The van der Waals surface area contributed by atoms with Crippen molar-refractivity contribution < 1.29 is 9.59 Å². The molecular formula is C22H29N3O2. The summed E-state index contributed by atoms with van der Waals surface area (Å²) in [4.78, 5) is 26.9. The molecule has 1 heterocycles. The van der Waals surface area contributed by atoms with Gasteiger partial charge >= 0.3 is 0 Å². The van der Waals surface area contributed by atoms with Gasteiger partial charge in [-0.2, -0.15) is 0 Å². The third-order valence-corrected chi connectivity index (χ3v) is 4.93. The van der Waals surface area contributed by atoms with E-state index in [1.165, 1.54) is 0 Å². The Morgan fingerprint density at radius 2 is 1.93 bits per heavy atom. The van der Waals surface area contributed by atoms with E-state index in [0.717, 1.165) is 31.5 Å². The van der Waals surface area contributed by atoms with Crippen molar-refractivity contribution in [3.05, 3.63) is 53.8 Å². The van der Waals surface area contributed by atoms with E-state index in [9.17, 15) is 9.59 Å². The monoisotopic (exact) mass is 367 g/mol. The zero-order valence-electron chi connectivity index (χ0n) is 16.4. The summed E-state index contributed by atoms with van der Waals surface area (Å²) in [6.45, 7) is 7.07. The molecule has 2 N–H and O–H groups in total. The zero-order valence-corrected chi connectivity index (χ0v) is 16.4. The third kappa shape index (κ3) is 5.07. The van der Waals surface area contributed by atoms with Gasteiger partial charge in [-0.25, -0.2) is 0 Å². The number of amides is 2. The minimum absolute atomic E-state index is 0.0357. The SMILES string of the molecule is CC(C)(C)NCC(=O)Nc1ccc(C(=O)N2CCCC3CC=CC=C32)cc1. The molecule has 1 atom stereocenters. The number of carbonyl (C=O) groups excluding carboxylic acids is 2. The fourth-order valence-corrected chi connectivity index (χ4v) is 3.49. The number of nitrogens with zero attached hydrogens (tertiary/aromatic N) is 1. The first-order chi connectivity index (χ1) is 12.8. The van der Waals surface area contributed by atoms with Crippen LogP contribution in [0.2, 0.25) is 0 Å². The van der Waals surface area contributed by atoms with Gasteiger partial charge in [-0.05, 0) is 70.4 Å². The number of hydrogen-bond donors (Lipinski definition) is 2. The summed E-state index contributed by atoms with van der Waals surface area (Å²) < 4.78 is 0. The average molecular weight is 367 g/mol. The van der Waals surface area contributed by atoms with Gasteiger partial charge in [0, 0.05) is 34.9 Å². The molecule has 0 bridgehead atoms. The summed E-state index contributed by atoms with van der Waals surface area (Å²) in [6, 6.07) is 7.16. The van der Waals surface area contributed by atoms with Crippen LogP contribution in [-0.4, -0.2) is 35.3 Å². The first-order valence-corrected chi connectivity index (χ1v) is 9.67. The molecule has 0 spiro atoms. The topological polar surface area (TPSA) is 61.4 Å². The normalized spacial score (nSPS) is 19.3. The number of nitrogens with one attached hydrogen (secondary N) is 2. The van der Waals surface area contributed by atoms with Crippen molar-refractivity contribution >= 4 is 17.5 Å². The molecule has 3 rings (SSSR count). The van der Waals surface area contributed by atoms with Gasteiger partial charge in [0.2, 0.25) is 5.91 Å². The van der Waals surface area contributed by atoms with E-state index in [4.69, 9.17) is 0 Å². The molecule has 1 aliphatic carbocycles. The lowest BCUT2D eigenvalue weighted by atomic mass is 9.87. The maximum Gasteiger partial charge on any atom is 0.258 e. The van der Waals surface area contributed by atoms with Crippen LogP contribution < -0.4 is 10.6 Å². The molecule has 1 unspecified atom stereocenters. The van der Waals surface area contributed by atoms with E-state index >= 15 is 0 Å². The van der Waals surface area contributed by atoms with Crippen molar-refractivity contribution in [2.45, 2.75) is 45.6 Å². The number of anilines is 1. The molecule has 2 amide bonds. The summed E-state index contributed by atoms with van der Waals surface area (Å²) in [5, 5.41) is 6.01. The Bertz CT molecular complexity index is 757. The largest absolute Gasteiger partial charge is 0.325 e. The Morgan fingerprint density at radius 1 is 1.19 bits per heavy atom. The number of benzene rings is 1. The predicted octanol–water partition coefficient (Wildman–Crippen LogP) is 3.71. The number of rotatable bonds is 4. The first-order valence-electron chi connectivity index (χ1n) is 9.67. The molecule has 5 heteroatoms. The Labute approximate surface area is 161 Å². The quantitative estimate of drug-likeness (QED) is 0.853. The minimum atomic E-state index is -0.108. The molecule has 0 aromatic heterocycles. The Hall–Kier alpha value is -2.40. The summed E-state index contributed by atoms with van der Waals surface area (Å²) in [5.41, 5.74) is 2.38. The highest BCUT2D eigenvalue weighted by Gasteiger charge is 2.29. The molecule has 0 saturated carbocycles. The standard InChI is InChI=1S/C22H29N3O2/c1-22(2,3)23-15-20(26)24-18-12-10-17(11-13-18)21(27)25-14-6-8-16-7-4-5-9-19(16)25/h4-5,9-13,16,23H,6-8,14-15H2,1-3H3,(H,24,26). The van der Waals surface area contributed by atoms with Crippen LogP contribution in [0.3, 0.4) is 0 Å². The summed E-state index contributed by atoms with van der Waals surface area (Å²) in [7, 11) is 0. The number of hydrogen-bond acceptors (Lipinski definition) is 3. The van der Waals surface area contributed by atoms with Gasteiger partial charge in [0.05, 0.1) is 6.54 Å². The van der Waals surface area contributed by atoms with Crippen molar-refractivity contribution in [1.82, 2.24) is 10.2 Å². The molecule has 27 heavy (non-hydrogen) atoms. The first kappa shape index (κ1) is 19.4. The van der Waals surface area contributed by atoms with Gasteiger partial charge in [-0.3, -0.25) is 9.59 Å². The van der Waals surface area contributed by atoms with Crippen molar-refractivity contribution in [3.8, 4) is 0 Å². The molecule has 1 saturated heterocycles. The smallest absolute Gasteiger partial charge is 0.258 e. The van der Waals surface area contributed by atoms with Crippen LogP contribution in [0.25, 0.3) is 0 Å². The molecule has 1 aromatic carbocycles. The van der Waals surface area contributed by atoms with E-state index < -0.39 is 0 Å². The number of allylic oxidation sites excluding steroid dienone is 4. The zero-order chi connectivity index (χ0) is 19.4. The molecule has 144 valence electrons. The van der Waals surface area contributed by atoms with Gasteiger partial charge in [0.15, 0.2) is 0 Å². The Morgan fingerprint density at radius 3 is 2.63 bits per heavy atom.